The summed E-state index contributed by atoms with van der Waals surface area (Å²) in [5, 5.41) is 6.32. The number of hydrogen-bond donors (Lipinski definition) is 1. The molecule has 2 heterocycles. The lowest BCUT2D eigenvalue weighted by molar-refractivity contribution is -0.136. The highest BCUT2D eigenvalue weighted by atomic mass is 16.5. The molecule has 1 aromatic carbocycles. The van der Waals surface area contributed by atoms with E-state index in [4.69, 9.17) is 0 Å². The molecule has 0 aliphatic carbocycles. The molecule has 114 valence electrons. The largest absolute Gasteiger partial charge is 0.364 e. The minimum atomic E-state index is -0.498. The summed E-state index contributed by atoms with van der Waals surface area (Å²) in [5.41, 5.74) is 1.27. The second-order valence-electron chi connectivity index (χ2n) is 5.30. The van der Waals surface area contributed by atoms with Crippen LogP contribution in [-0.2, 0) is 11.3 Å². The van der Waals surface area contributed by atoms with Crippen LogP contribution in [-0.4, -0.2) is 34.5 Å². The van der Waals surface area contributed by atoms with Crippen LogP contribution in [0.1, 0.15) is 28.9 Å². The fourth-order valence-corrected chi connectivity index (χ4v) is 2.60. The molecule has 6 heteroatoms. The molecule has 0 spiro atoms. The predicted molar refractivity (Wildman–Crippen MR) is 78.9 cm³/mol. The molecule has 3 rings (SSSR count). The van der Waals surface area contributed by atoms with E-state index in [1.807, 2.05) is 30.3 Å². The van der Waals surface area contributed by atoms with Gasteiger partial charge in [0.1, 0.15) is 12.3 Å². The lowest BCUT2D eigenvalue weighted by Crippen LogP contribution is -2.51. The third-order valence-corrected chi connectivity index (χ3v) is 3.72. The summed E-state index contributed by atoms with van der Waals surface area (Å²) in [6, 6.07) is 10.8. The number of aromatic nitrogens is 1. The first kappa shape index (κ1) is 14.3. The highest BCUT2D eigenvalue weighted by Crippen LogP contribution is 2.15. The van der Waals surface area contributed by atoms with Gasteiger partial charge >= 0.3 is 0 Å². The Morgan fingerprint density at radius 2 is 2.14 bits per heavy atom. The van der Waals surface area contributed by atoms with Crippen LogP contribution < -0.4 is 5.32 Å². The van der Waals surface area contributed by atoms with Crippen LogP contribution in [0.2, 0.25) is 0 Å². The topological polar surface area (TPSA) is 75.4 Å². The van der Waals surface area contributed by atoms with Crippen LogP contribution in [0, 0.1) is 0 Å². The molecule has 0 bridgehead atoms. The van der Waals surface area contributed by atoms with E-state index >= 15 is 0 Å². The van der Waals surface area contributed by atoms with E-state index in [0.29, 0.717) is 19.5 Å². The number of nitrogens with one attached hydrogen (secondary N) is 1. The van der Waals surface area contributed by atoms with Gasteiger partial charge in [-0.2, -0.15) is 0 Å². The van der Waals surface area contributed by atoms with Crippen molar-refractivity contribution in [3.8, 4) is 0 Å². The van der Waals surface area contributed by atoms with Crippen molar-refractivity contribution in [3.63, 3.8) is 0 Å². The molecule has 1 aliphatic rings. The number of benzene rings is 1. The normalized spacial score (nSPS) is 18.3. The van der Waals surface area contributed by atoms with Crippen molar-refractivity contribution >= 4 is 11.8 Å². The molecule has 1 atom stereocenters. The Hall–Kier alpha value is -2.63. The highest BCUT2D eigenvalue weighted by molar-refractivity contribution is 5.96. The van der Waals surface area contributed by atoms with Gasteiger partial charge in [0.15, 0.2) is 5.69 Å². The maximum absolute atomic E-state index is 12.5. The number of hydrogen-bond acceptors (Lipinski definition) is 4. The molecule has 2 amide bonds. The van der Waals surface area contributed by atoms with E-state index in [-0.39, 0.29) is 17.5 Å². The first-order valence-electron chi connectivity index (χ1n) is 7.28. The smallest absolute Gasteiger partial charge is 0.274 e. The van der Waals surface area contributed by atoms with E-state index in [1.165, 1.54) is 12.3 Å². The summed E-state index contributed by atoms with van der Waals surface area (Å²) in [4.78, 5) is 26.3. The molecule has 2 aromatic rings. The van der Waals surface area contributed by atoms with Crippen LogP contribution in [0.4, 0.5) is 0 Å². The molecule has 1 saturated heterocycles. The second-order valence-corrected chi connectivity index (χ2v) is 5.30. The van der Waals surface area contributed by atoms with Gasteiger partial charge in [-0.05, 0) is 18.4 Å². The van der Waals surface area contributed by atoms with Crippen LogP contribution in [0.3, 0.4) is 0 Å². The fourth-order valence-electron chi connectivity index (χ4n) is 2.60. The quantitative estimate of drug-likeness (QED) is 0.930. The average Bonchev–Trinajstić information content (AvgIpc) is 3.07. The number of piperidine rings is 1. The highest BCUT2D eigenvalue weighted by Gasteiger charge is 2.30. The van der Waals surface area contributed by atoms with E-state index in [9.17, 15) is 9.59 Å². The summed E-state index contributed by atoms with van der Waals surface area (Å²) in [5.74, 6) is -0.430. The van der Waals surface area contributed by atoms with Crippen molar-refractivity contribution in [2.45, 2.75) is 25.4 Å². The molecular weight excluding hydrogens is 282 g/mol. The first-order valence-corrected chi connectivity index (χ1v) is 7.28. The third-order valence-electron chi connectivity index (χ3n) is 3.72. The Labute approximate surface area is 128 Å². The van der Waals surface area contributed by atoms with Gasteiger partial charge < -0.3 is 14.7 Å². The Balaban J connectivity index is 1.64. The molecule has 1 unspecified atom stereocenters. The summed E-state index contributed by atoms with van der Waals surface area (Å²) in [7, 11) is 0. The zero-order valence-corrected chi connectivity index (χ0v) is 12.1. The van der Waals surface area contributed by atoms with Gasteiger partial charge in [0.05, 0.1) is 0 Å². The van der Waals surface area contributed by atoms with Crippen molar-refractivity contribution in [2.75, 3.05) is 6.54 Å². The van der Waals surface area contributed by atoms with E-state index in [0.717, 1.165) is 12.0 Å². The Morgan fingerprint density at radius 3 is 2.86 bits per heavy atom. The number of likely N-dealkylation sites (tertiary alicyclic amines) is 1. The van der Waals surface area contributed by atoms with Gasteiger partial charge in [0, 0.05) is 19.2 Å². The van der Waals surface area contributed by atoms with E-state index in [1.54, 1.807) is 4.90 Å². The fraction of sp³-hybridized carbons (Fsp3) is 0.312. The summed E-state index contributed by atoms with van der Waals surface area (Å²) >= 11 is 0. The van der Waals surface area contributed by atoms with E-state index < -0.39 is 6.04 Å². The van der Waals surface area contributed by atoms with Gasteiger partial charge in [0.2, 0.25) is 5.91 Å². The average molecular weight is 299 g/mol. The zero-order valence-electron chi connectivity index (χ0n) is 12.1. The molecule has 1 N–H and O–H groups in total. The number of rotatable bonds is 4. The predicted octanol–water partition coefficient (Wildman–Crippen LogP) is 1.60. The molecule has 1 fully saturated rings. The van der Waals surface area contributed by atoms with E-state index in [2.05, 4.69) is 15.0 Å². The number of amides is 2. The minimum Gasteiger partial charge on any atom is -0.364 e. The van der Waals surface area contributed by atoms with Gasteiger partial charge in [0.25, 0.3) is 5.91 Å². The van der Waals surface area contributed by atoms with Gasteiger partial charge in [-0.25, -0.2) is 0 Å². The number of carbonyl (C=O) groups is 2. The van der Waals surface area contributed by atoms with Crippen molar-refractivity contribution < 1.29 is 14.1 Å². The maximum atomic E-state index is 12.5. The van der Waals surface area contributed by atoms with Crippen LogP contribution in [0.25, 0.3) is 0 Å². The zero-order chi connectivity index (χ0) is 15.4. The molecule has 1 aromatic heterocycles. The lowest BCUT2D eigenvalue weighted by atomic mass is 10.0. The Morgan fingerprint density at radius 1 is 1.32 bits per heavy atom. The van der Waals surface area contributed by atoms with Crippen LogP contribution in [0.5, 0.6) is 0 Å². The molecule has 1 aliphatic heterocycles. The molecule has 22 heavy (non-hydrogen) atoms. The van der Waals surface area contributed by atoms with Crippen LogP contribution >= 0.6 is 0 Å². The van der Waals surface area contributed by atoms with Crippen molar-refractivity contribution in [2.24, 2.45) is 0 Å². The second kappa shape index (κ2) is 6.43. The molecule has 6 nitrogen and oxygen atoms in total. The maximum Gasteiger partial charge on any atom is 0.274 e. The minimum absolute atomic E-state index is 0.0491. The van der Waals surface area contributed by atoms with Crippen molar-refractivity contribution in [1.82, 2.24) is 15.4 Å². The SMILES string of the molecule is O=C(NC1CCCN(Cc2ccccc2)C1=O)c1ccon1. The molecule has 0 radical (unpaired) electrons. The van der Waals surface area contributed by atoms with Crippen molar-refractivity contribution in [1.29, 1.82) is 0 Å². The molecular formula is C16H17N3O3. The van der Waals surface area contributed by atoms with Gasteiger partial charge in [-0.15, -0.1) is 0 Å². The van der Waals surface area contributed by atoms with Crippen LogP contribution in [0.15, 0.2) is 47.2 Å². The third kappa shape index (κ3) is 3.16. The molecule has 0 saturated carbocycles. The first-order chi connectivity index (χ1) is 10.7. The lowest BCUT2D eigenvalue weighted by Gasteiger charge is -2.32. The Kier molecular flexibility index (Phi) is 4.18. The van der Waals surface area contributed by atoms with Gasteiger partial charge in [-0.3, -0.25) is 9.59 Å². The number of nitrogens with zero attached hydrogens (tertiary/aromatic N) is 2. The van der Waals surface area contributed by atoms with Crippen molar-refractivity contribution in [3.05, 3.63) is 53.9 Å². The number of carbonyl (C=O) groups excluding carboxylic acids is 2. The van der Waals surface area contributed by atoms with Gasteiger partial charge in [-0.1, -0.05) is 35.5 Å². The monoisotopic (exact) mass is 299 g/mol. The Bertz CT molecular complexity index is 640. The standard InChI is InChI=1S/C16H17N3O3/c20-15(13-8-10-22-18-13)17-14-7-4-9-19(16(14)21)11-12-5-2-1-3-6-12/h1-3,5-6,8,10,14H,4,7,9,11H2,(H,17,20). The summed E-state index contributed by atoms with van der Waals surface area (Å²) in [6.45, 7) is 1.28. The summed E-state index contributed by atoms with van der Waals surface area (Å²) < 4.78 is 4.65. The summed E-state index contributed by atoms with van der Waals surface area (Å²) in [6.07, 6.45) is 2.84.